The first kappa shape index (κ1) is 15.3. The first-order valence-corrected chi connectivity index (χ1v) is 7.54. The summed E-state index contributed by atoms with van der Waals surface area (Å²) < 4.78 is 1.17. The van der Waals surface area contributed by atoms with E-state index in [-0.39, 0.29) is 5.91 Å². The van der Waals surface area contributed by atoms with Crippen molar-refractivity contribution in [3.63, 3.8) is 0 Å². The van der Waals surface area contributed by atoms with Crippen molar-refractivity contribution in [3.05, 3.63) is 33.4 Å². The van der Waals surface area contributed by atoms with E-state index in [0.717, 1.165) is 11.3 Å². The van der Waals surface area contributed by atoms with E-state index in [1.807, 2.05) is 24.3 Å². The average molecular weight is 379 g/mol. The van der Waals surface area contributed by atoms with E-state index in [0.29, 0.717) is 5.75 Å². The van der Waals surface area contributed by atoms with Crippen LogP contribution in [0.3, 0.4) is 0 Å². The molecule has 1 rings (SSSR count). The zero-order chi connectivity index (χ0) is 13.5. The van der Waals surface area contributed by atoms with Gasteiger partial charge >= 0.3 is 5.97 Å². The van der Waals surface area contributed by atoms with Gasteiger partial charge in [0.2, 0.25) is 5.91 Å². The number of hydrogen-bond donors (Lipinski definition) is 2. The molecule has 0 aliphatic rings. The van der Waals surface area contributed by atoms with Crippen LogP contribution in [-0.4, -0.2) is 28.8 Å². The minimum Gasteiger partial charge on any atom is -0.480 e. The number of benzene rings is 1. The Hall–Kier alpha value is -0.760. The molecule has 0 aliphatic carbocycles. The van der Waals surface area contributed by atoms with Gasteiger partial charge in [-0.05, 0) is 40.3 Å². The Kier molecular flexibility index (Phi) is 6.48. The summed E-state index contributed by atoms with van der Waals surface area (Å²) in [4.78, 5) is 21.7. The first-order valence-electron chi connectivity index (χ1n) is 5.31. The molecule has 0 heterocycles. The maximum atomic E-state index is 10.9. The highest BCUT2D eigenvalue weighted by atomic mass is 127. The molecule has 2 N–H and O–H groups in total. The second kappa shape index (κ2) is 7.63. The molecular weight excluding hydrogens is 365 g/mol. The van der Waals surface area contributed by atoms with Gasteiger partial charge in [0, 0.05) is 22.0 Å². The molecule has 18 heavy (non-hydrogen) atoms. The average Bonchev–Trinajstić information content (AvgIpc) is 2.29. The Balaban J connectivity index is 2.41. The molecule has 98 valence electrons. The van der Waals surface area contributed by atoms with Crippen LogP contribution in [0.25, 0.3) is 0 Å². The number of rotatable bonds is 6. The molecule has 6 heteroatoms. The van der Waals surface area contributed by atoms with Crippen LogP contribution in [0.4, 0.5) is 0 Å². The summed E-state index contributed by atoms with van der Waals surface area (Å²) in [5, 5.41) is 11.3. The summed E-state index contributed by atoms with van der Waals surface area (Å²) in [7, 11) is 0. The van der Waals surface area contributed by atoms with Crippen molar-refractivity contribution in [2.75, 3.05) is 5.75 Å². The highest BCUT2D eigenvalue weighted by molar-refractivity contribution is 14.1. The lowest BCUT2D eigenvalue weighted by molar-refractivity contribution is -0.140. The molecule has 1 aromatic rings. The maximum Gasteiger partial charge on any atom is 0.327 e. The molecule has 0 spiro atoms. The normalized spacial score (nSPS) is 11.9. The molecule has 1 aromatic carbocycles. The summed E-state index contributed by atoms with van der Waals surface area (Å²) in [6.07, 6.45) is 0. The fourth-order valence-electron chi connectivity index (χ4n) is 1.30. The summed E-state index contributed by atoms with van der Waals surface area (Å²) in [6, 6.07) is 7.24. The second-order valence-corrected chi connectivity index (χ2v) is 6.01. The quantitative estimate of drug-likeness (QED) is 0.744. The van der Waals surface area contributed by atoms with Gasteiger partial charge in [0.05, 0.1) is 0 Å². The third-order valence-corrected chi connectivity index (χ3v) is 3.97. The van der Waals surface area contributed by atoms with Crippen LogP contribution in [0.1, 0.15) is 12.5 Å². The van der Waals surface area contributed by atoms with E-state index in [2.05, 4.69) is 27.9 Å². The van der Waals surface area contributed by atoms with Crippen molar-refractivity contribution in [1.82, 2.24) is 5.32 Å². The number of nitrogens with one attached hydrogen (secondary N) is 1. The van der Waals surface area contributed by atoms with Gasteiger partial charge in [-0.25, -0.2) is 4.79 Å². The van der Waals surface area contributed by atoms with Crippen LogP contribution in [0.5, 0.6) is 0 Å². The monoisotopic (exact) mass is 379 g/mol. The van der Waals surface area contributed by atoms with Crippen LogP contribution in [0.15, 0.2) is 24.3 Å². The third kappa shape index (κ3) is 5.72. The molecule has 0 radical (unpaired) electrons. The van der Waals surface area contributed by atoms with Crippen molar-refractivity contribution in [3.8, 4) is 0 Å². The van der Waals surface area contributed by atoms with Crippen LogP contribution < -0.4 is 5.32 Å². The summed E-state index contributed by atoms with van der Waals surface area (Å²) in [6.45, 7) is 1.32. The van der Waals surface area contributed by atoms with E-state index in [1.165, 1.54) is 22.3 Å². The van der Waals surface area contributed by atoms with Gasteiger partial charge in [0.25, 0.3) is 0 Å². The highest BCUT2D eigenvalue weighted by Crippen LogP contribution is 2.15. The predicted octanol–water partition coefficient (Wildman–Crippen LogP) is 2.11. The van der Waals surface area contributed by atoms with Gasteiger partial charge in [-0.3, -0.25) is 4.79 Å². The van der Waals surface area contributed by atoms with E-state index in [1.54, 1.807) is 0 Å². The molecule has 1 amide bonds. The summed E-state index contributed by atoms with van der Waals surface area (Å²) >= 11 is 3.73. The van der Waals surface area contributed by atoms with Crippen molar-refractivity contribution in [2.45, 2.75) is 18.7 Å². The van der Waals surface area contributed by atoms with Crippen molar-refractivity contribution < 1.29 is 14.7 Å². The third-order valence-electron chi connectivity index (χ3n) is 2.14. The van der Waals surface area contributed by atoms with E-state index in [9.17, 15) is 9.59 Å². The molecule has 4 nitrogen and oxygen atoms in total. The van der Waals surface area contributed by atoms with Crippen molar-refractivity contribution in [2.24, 2.45) is 0 Å². The molecule has 0 saturated carbocycles. The van der Waals surface area contributed by atoms with Gasteiger partial charge in [-0.1, -0.05) is 12.1 Å². The van der Waals surface area contributed by atoms with Crippen LogP contribution in [0, 0.1) is 3.57 Å². The zero-order valence-corrected chi connectivity index (χ0v) is 12.8. The zero-order valence-electron chi connectivity index (χ0n) is 9.85. The molecule has 0 fully saturated rings. The maximum absolute atomic E-state index is 10.9. The Morgan fingerprint density at radius 3 is 2.50 bits per heavy atom. The van der Waals surface area contributed by atoms with Gasteiger partial charge in [-0.2, -0.15) is 11.8 Å². The van der Waals surface area contributed by atoms with Gasteiger partial charge < -0.3 is 10.4 Å². The number of aliphatic carboxylic acids is 1. The molecule has 0 aromatic heterocycles. The largest absolute Gasteiger partial charge is 0.480 e. The molecule has 1 atom stereocenters. The molecule has 0 unspecified atom stereocenters. The lowest BCUT2D eigenvalue weighted by Crippen LogP contribution is -2.41. The number of carboxylic acid groups (broad SMARTS) is 1. The first-order chi connectivity index (χ1) is 8.49. The lowest BCUT2D eigenvalue weighted by Gasteiger charge is -2.12. The van der Waals surface area contributed by atoms with Crippen molar-refractivity contribution in [1.29, 1.82) is 0 Å². The number of carboxylic acids is 1. The van der Waals surface area contributed by atoms with Gasteiger partial charge in [0.1, 0.15) is 6.04 Å². The SMILES string of the molecule is CC(=O)N[C@@H](CSCc1ccc(I)cc1)C(=O)O. The van der Waals surface area contributed by atoms with Crippen LogP contribution in [0.2, 0.25) is 0 Å². The van der Waals surface area contributed by atoms with E-state index < -0.39 is 12.0 Å². The summed E-state index contributed by atoms with van der Waals surface area (Å²) in [5.74, 6) is -0.223. The Bertz CT molecular complexity index is 422. The van der Waals surface area contributed by atoms with E-state index in [4.69, 9.17) is 5.11 Å². The predicted molar refractivity (Wildman–Crippen MR) is 80.6 cm³/mol. The van der Waals surface area contributed by atoms with Crippen LogP contribution in [-0.2, 0) is 15.3 Å². The standard InChI is InChI=1S/C12H14INO3S/c1-8(15)14-11(12(16)17)7-18-6-9-2-4-10(13)5-3-9/h2-5,11H,6-7H2,1H3,(H,14,15)(H,16,17)/t11-/m0/s1. The Labute approximate surface area is 124 Å². The molecule has 0 aliphatic heterocycles. The fourth-order valence-corrected chi connectivity index (χ4v) is 2.66. The lowest BCUT2D eigenvalue weighted by atomic mass is 10.2. The smallest absolute Gasteiger partial charge is 0.327 e. The van der Waals surface area contributed by atoms with Gasteiger partial charge in [-0.15, -0.1) is 0 Å². The highest BCUT2D eigenvalue weighted by Gasteiger charge is 2.17. The van der Waals surface area contributed by atoms with Crippen LogP contribution >= 0.6 is 34.4 Å². The van der Waals surface area contributed by atoms with Gasteiger partial charge in [0.15, 0.2) is 0 Å². The minimum absolute atomic E-state index is 0.322. The number of thioether (sulfide) groups is 1. The number of carbonyl (C=O) groups excluding carboxylic acids is 1. The topological polar surface area (TPSA) is 66.4 Å². The molecule has 0 bridgehead atoms. The van der Waals surface area contributed by atoms with E-state index >= 15 is 0 Å². The fraction of sp³-hybridized carbons (Fsp3) is 0.333. The van der Waals surface area contributed by atoms with Crippen molar-refractivity contribution >= 4 is 46.2 Å². The second-order valence-electron chi connectivity index (χ2n) is 3.73. The number of hydrogen-bond acceptors (Lipinski definition) is 3. The molecular formula is C12H14INO3S. The Morgan fingerprint density at radius 1 is 1.39 bits per heavy atom. The Morgan fingerprint density at radius 2 is 2.00 bits per heavy atom. The molecule has 0 saturated heterocycles. The number of amides is 1. The number of halogens is 1. The summed E-state index contributed by atoms with van der Waals surface area (Å²) in [5.41, 5.74) is 1.15. The number of carbonyl (C=O) groups is 2. The minimum atomic E-state index is -1.000.